The fraction of sp³-hybridized carbons (Fsp3) is 0.174. The zero-order valence-corrected chi connectivity index (χ0v) is 18.2. The highest BCUT2D eigenvalue weighted by atomic mass is 35.5. The summed E-state index contributed by atoms with van der Waals surface area (Å²) in [6.45, 7) is 6.30. The number of hydrogen-bond acceptors (Lipinski definition) is 4. The lowest BCUT2D eigenvalue weighted by atomic mass is 10.1. The van der Waals surface area contributed by atoms with Crippen molar-refractivity contribution in [2.45, 2.75) is 19.9 Å². The Morgan fingerprint density at radius 2 is 1.93 bits per heavy atom. The number of benzene rings is 2. The summed E-state index contributed by atoms with van der Waals surface area (Å²) in [5, 5.41) is 6.30. The van der Waals surface area contributed by atoms with Crippen LogP contribution in [-0.4, -0.2) is 28.2 Å². The maximum atomic E-state index is 13.4. The number of halogens is 1. The molecule has 0 bridgehead atoms. The minimum atomic E-state index is -0.363. The predicted octanol–water partition coefficient (Wildman–Crippen LogP) is 5.11. The number of hydrogen-bond donors (Lipinski definition) is 1. The summed E-state index contributed by atoms with van der Waals surface area (Å²) in [7, 11) is 0. The van der Waals surface area contributed by atoms with Crippen molar-refractivity contribution in [1.82, 2.24) is 9.88 Å². The van der Waals surface area contributed by atoms with E-state index in [9.17, 15) is 9.59 Å². The van der Waals surface area contributed by atoms with Crippen LogP contribution in [0.3, 0.4) is 0 Å². The summed E-state index contributed by atoms with van der Waals surface area (Å²) >= 11 is 7.52. The highest BCUT2D eigenvalue weighted by Crippen LogP contribution is 2.20. The third-order valence-corrected chi connectivity index (χ3v) is 5.57. The van der Waals surface area contributed by atoms with Gasteiger partial charge in [-0.05, 0) is 49.2 Å². The van der Waals surface area contributed by atoms with Gasteiger partial charge in [-0.15, -0.1) is 11.3 Å². The first-order valence-electron chi connectivity index (χ1n) is 9.43. The van der Waals surface area contributed by atoms with Crippen LogP contribution in [0.25, 0.3) is 0 Å². The Labute approximate surface area is 185 Å². The molecule has 0 atom stereocenters. The lowest BCUT2D eigenvalue weighted by Gasteiger charge is -2.23. The van der Waals surface area contributed by atoms with E-state index in [2.05, 4.69) is 16.9 Å². The number of nitrogens with zero attached hydrogens (tertiary/aromatic N) is 2. The van der Waals surface area contributed by atoms with Gasteiger partial charge in [0.15, 0.2) is 0 Å². The molecule has 0 aliphatic heterocycles. The van der Waals surface area contributed by atoms with Gasteiger partial charge >= 0.3 is 0 Å². The normalized spacial score (nSPS) is 10.5. The Balaban J connectivity index is 1.85. The van der Waals surface area contributed by atoms with E-state index in [1.54, 1.807) is 40.5 Å². The molecule has 2 aromatic carbocycles. The number of para-hydroxylation sites is 1. The Hall–Kier alpha value is -2.96. The van der Waals surface area contributed by atoms with Gasteiger partial charge in [-0.25, -0.2) is 4.98 Å². The summed E-state index contributed by atoms with van der Waals surface area (Å²) in [4.78, 5) is 31.5. The van der Waals surface area contributed by atoms with Crippen LogP contribution in [0.4, 0.5) is 5.69 Å². The van der Waals surface area contributed by atoms with E-state index >= 15 is 0 Å². The smallest absolute Gasteiger partial charge is 0.256 e. The maximum absolute atomic E-state index is 13.4. The van der Waals surface area contributed by atoms with Crippen molar-refractivity contribution in [2.75, 3.05) is 11.9 Å². The van der Waals surface area contributed by atoms with Crippen LogP contribution in [0.2, 0.25) is 5.02 Å². The average molecular weight is 440 g/mol. The number of nitrogens with one attached hydrogen (secondary N) is 1. The molecule has 0 saturated carbocycles. The van der Waals surface area contributed by atoms with Crippen LogP contribution in [0.1, 0.15) is 26.6 Å². The molecule has 154 valence electrons. The minimum Gasteiger partial charge on any atom is -0.332 e. The summed E-state index contributed by atoms with van der Waals surface area (Å²) < 4.78 is 0. The topological polar surface area (TPSA) is 62.3 Å². The molecular formula is C23H22ClN3O2S. The first-order valence-corrected chi connectivity index (χ1v) is 10.7. The number of amides is 2. The quantitative estimate of drug-likeness (QED) is 0.496. The van der Waals surface area contributed by atoms with E-state index in [0.29, 0.717) is 35.8 Å². The fourth-order valence-corrected chi connectivity index (χ4v) is 3.71. The van der Waals surface area contributed by atoms with E-state index in [0.717, 1.165) is 16.3 Å². The van der Waals surface area contributed by atoms with Crippen LogP contribution in [0.5, 0.6) is 0 Å². The first kappa shape index (κ1) is 21.7. The van der Waals surface area contributed by atoms with Gasteiger partial charge in [0.1, 0.15) is 0 Å². The zero-order valence-electron chi connectivity index (χ0n) is 16.6. The van der Waals surface area contributed by atoms with Gasteiger partial charge in [0, 0.05) is 16.9 Å². The molecule has 1 aromatic heterocycles. The molecule has 1 N–H and O–H groups in total. The highest BCUT2D eigenvalue weighted by molar-refractivity contribution is 7.09. The van der Waals surface area contributed by atoms with Gasteiger partial charge < -0.3 is 10.2 Å². The SMILES string of the molecule is C=CC(=O)Nc1ccccc1C(=O)N(CCc1ccc(Cl)cc1)Cc1csc(C)n1. The molecule has 3 aromatic rings. The van der Waals surface area contributed by atoms with Crippen molar-refractivity contribution >= 4 is 40.4 Å². The monoisotopic (exact) mass is 439 g/mol. The average Bonchev–Trinajstić information content (AvgIpc) is 3.16. The second-order valence-corrected chi connectivity index (χ2v) is 8.20. The van der Waals surface area contributed by atoms with Crippen LogP contribution < -0.4 is 5.32 Å². The standard InChI is InChI=1S/C23H22ClN3O2S/c1-3-22(28)26-21-7-5-4-6-20(21)23(29)27(14-19-15-30-16(2)25-19)13-12-17-8-10-18(24)11-9-17/h3-11,15H,1,12-14H2,2H3,(H,26,28). The number of carbonyl (C=O) groups excluding carboxylic acids is 2. The second kappa shape index (κ2) is 10.2. The molecule has 5 nitrogen and oxygen atoms in total. The molecule has 0 aliphatic carbocycles. The fourth-order valence-electron chi connectivity index (χ4n) is 2.98. The molecule has 2 amide bonds. The van der Waals surface area contributed by atoms with Gasteiger partial charge in [0.25, 0.3) is 5.91 Å². The third kappa shape index (κ3) is 5.78. The van der Waals surface area contributed by atoms with Crippen LogP contribution in [-0.2, 0) is 17.8 Å². The van der Waals surface area contributed by atoms with Gasteiger partial charge in [0.05, 0.1) is 28.5 Å². The molecule has 0 radical (unpaired) electrons. The molecule has 0 unspecified atom stereocenters. The number of aryl methyl sites for hydroxylation is 1. The number of carbonyl (C=O) groups is 2. The van der Waals surface area contributed by atoms with Gasteiger partial charge in [0.2, 0.25) is 5.91 Å². The molecule has 0 spiro atoms. The second-order valence-electron chi connectivity index (χ2n) is 6.70. The van der Waals surface area contributed by atoms with E-state index in [1.807, 2.05) is 36.6 Å². The van der Waals surface area contributed by atoms with E-state index in [-0.39, 0.29) is 11.8 Å². The van der Waals surface area contributed by atoms with Crippen molar-refractivity contribution in [3.05, 3.63) is 93.4 Å². The Morgan fingerprint density at radius 3 is 2.60 bits per heavy atom. The van der Waals surface area contributed by atoms with Crippen molar-refractivity contribution in [3.8, 4) is 0 Å². The maximum Gasteiger partial charge on any atom is 0.256 e. The largest absolute Gasteiger partial charge is 0.332 e. The molecule has 1 heterocycles. The molecule has 30 heavy (non-hydrogen) atoms. The van der Waals surface area contributed by atoms with Crippen LogP contribution in [0.15, 0.2) is 66.6 Å². The van der Waals surface area contributed by atoms with E-state index in [1.165, 1.54) is 6.08 Å². The highest BCUT2D eigenvalue weighted by Gasteiger charge is 2.20. The minimum absolute atomic E-state index is 0.172. The summed E-state index contributed by atoms with van der Waals surface area (Å²) in [6, 6.07) is 14.6. The van der Waals surface area contributed by atoms with E-state index in [4.69, 9.17) is 11.6 Å². The Bertz CT molecular complexity index is 1050. The summed E-state index contributed by atoms with van der Waals surface area (Å²) in [5.74, 6) is -0.535. The molecule has 0 saturated heterocycles. The number of rotatable bonds is 8. The van der Waals surface area contributed by atoms with Crippen molar-refractivity contribution < 1.29 is 9.59 Å². The number of aromatic nitrogens is 1. The molecule has 3 rings (SSSR count). The lowest BCUT2D eigenvalue weighted by Crippen LogP contribution is -2.33. The van der Waals surface area contributed by atoms with Crippen molar-refractivity contribution in [3.63, 3.8) is 0 Å². The van der Waals surface area contributed by atoms with E-state index < -0.39 is 0 Å². The van der Waals surface area contributed by atoms with Gasteiger partial charge in [-0.3, -0.25) is 9.59 Å². The Morgan fingerprint density at radius 1 is 1.20 bits per heavy atom. The molecule has 0 fully saturated rings. The summed E-state index contributed by atoms with van der Waals surface area (Å²) in [5.41, 5.74) is 2.81. The summed E-state index contributed by atoms with van der Waals surface area (Å²) in [6.07, 6.45) is 1.85. The number of anilines is 1. The lowest BCUT2D eigenvalue weighted by molar-refractivity contribution is -0.111. The van der Waals surface area contributed by atoms with Gasteiger partial charge in [-0.2, -0.15) is 0 Å². The predicted molar refractivity (Wildman–Crippen MR) is 122 cm³/mol. The van der Waals surface area contributed by atoms with Crippen molar-refractivity contribution in [1.29, 1.82) is 0 Å². The first-order chi connectivity index (χ1) is 14.5. The molecule has 7 heteroatoms. The third-order valence-electron chi connectivity index (χ3n) is 4.49. The molecule has 0 aliphatic rings. The number of thiazole rings is 1. The Kier molecular flexibility index (Phi) is 7.38. The van der Waals surface area contributed by atoms with Crippen LogP contribution >= 0.6 is 22.9 Å². The molecular weight excluding hydrogens is 418 g/mol. The van der Waals surface area contributed by atoms with Crippen molar-refractivity contribution in [2.24, 2.45) is 0 Å². The van der Waals surface area contributed by atoms with Crippen LogP contribution in [0, 0.1) is 6.92 Å². The van der Waals surface area contributed by atoms with Gasteiger partial charge in [-0.1, -0.05) is 42.4 Å². The zero-order chi connectivity index (χ0) is 21.5.